The molecule has 4 aromatic rings. The third-order valence-electron chi connectivity index (χ3n) is 7.78. The summed E-state index contributed by atoms with van der Waals surface area (Å²) in [5.74, 6) is 1.64. The first kappa shape index (κ1) is 27.5. The molecule has 0 bridgehead atoms. The van der Waals surface area contributed by atoms with E-state index in [1.807, 2.05) is 29.5 Å². The van der Waals surface area contributed by atoms with Crippen LogP contribution in [-0.2, 0) is 11.2 Å². The van der Waals surface area contributed by atoms with Gasteiger partial charge >= 0.3 is 0 Å². The number of aromatic nitrogens is 5. The molecule has 1 amide bonds. The van der Waals surface area contributed by atoms with Crippen molar-refractivity contribution >= 4 is 29.1 Å². The van der Waals surface area contributed by atoms with E-state index in [2.05, 4.69) is 25.8 Å². The summed E-state index contributed by atoms with van der Waals surface area (Å²) in [5, 5.41) is 19.1. The van der Waals surface area contributed by atoms with Gasteiger partial charge in [-0.15, -0.1) is 0 Å². The van der Waals surface area contributed by atoms with Gasteiger partial charge in [0.1, 0.15) is 23.5 Å². The molecule has 2 aliphatic rings. The summed E-state index contributed by atoms with van der Waals surface area (Å²) in [7, 11) is 1.85. The zero-order valence-corrected chi connectivity index (χ0v) is 23.5. The third kappa shape index (κ3) is 5.22. The Balaban J connectivity index is 1.25. The van der Waals surface area contributed by atoms with E-state index < -0.39 is 6.10 Å². The van der Waals surface area contributed by atoms with Crippen LogP contribution in [0.15, 0.2) is 42.9 Å². The minimum atomic E-state index is -0.396. The highest BCUT2D eigenvalue weighted by atomic mass is 19.1. The van der Waals surface area contributed by atoms with Crippen molar-refractivity contribution in [3.05, 3.63) is 59.9 Å². The van der Waals surface area contributed by atoms with Crippen molar-refractivity contribution in [3.63, 3.8) is 0 Å². The minimum Gasteiger partial charge on any atom is -0.389 e. The third-order valence-corrected chi connectivity index (χ3v) is 7.78. The fourth-order valence-electron chi connectivity index (χ4n) is 5.36. The first-order valence-electron chi connectivity index (χ1n) is 13.9. The van der Waals surface area contributed by atoms with Crippen molar-refractivity contribution in [2.45, 2.75) is 19.4 Å². The number of likely N-dealkylation sites (tertiary alicyclic amines) is 1. The highest BCUT2D eigenvalue weighted by molar-refractivity contribution is 5.79. The second-order valence-electron chi connectivity index (χ2n) is 10.5. The number of imidazole rings is 1. The number of amides is 1. The molecule has 0 radical (unpaired) electrons. The Morgan fingerprint density at radius 1 is 1.12 bits per heavy atom. The number of nitrogens with zero attached hydrogens (tertiary/aromatic N) is 10. The number of hydrogen-bond acceptors (Lipinski definition) is 10. The molecule has 3 aromatic heterocycles. The molecule has 2 saturated heterocycles. The number of piperazine rings is 1. The summed E-state index contributed by atoms with van der Waals surface area (Å²) in [6.07, 6.45) is 5.46. The van der Waals surface area contributed by atoms with Gasteiger partial charge in [-0.3, -0.25) is 19.0 Å². The molecule has 2 fully saturated rings. The van der Waals surface area contributed by atoms with Crippen LogP contribution < -0.4 is 9.80 Å². The average Bonchev–Trinajstić information content (AvgIpc) is 3.37. The monoisotopic (exact) mass is 570 g/mol. The fraction of sp³-hybridized carbons (Fsp3) is 0.379. The number of carbonyl (C=O) groups is 1. The molecule has 0 aliphatic carbocycles. The van der Waals surface area contributed by atoms with Gasteiger partial charge in [0, 0.05) is 51.9 Å². The van der Waals surface area contributed by atoms with E-state index in [1.54, 1.807) is 23.2 Å². The predicted molar refractivity (Wildman–Crippen MR) is 154 cm³/mol. The van der Waals surface area contributed by atoms with Crippen LogP contribution in [0.25, 0.3) is 16.9 Å². The van der Waals surface area contributed by atoms with Crippen LogP contribution in [0.4, 0.5) is 22.0 Å². The first-order valence-corrected chi connectivity index (χ1v) is 13.9. The van der Waals surface area contributed by atoms with E-state index in [4.69, 9.17) is 9.97 Å². The van der Waals surface area contributed by atoms with Crippen molar-refractivity contribution in [1.82, 2.24) is 34.1 Å². The van der Waals surface area contributed by atoms with Crippen molar-refractivity contribution in [3.8, 4) is 17.3 Å². The van der Waals surface area contributed by atoms with Gasteiger partial charge in [0.2, 0.25) is 11.9 Å². The quantitative estimate of drug-likeness (QED) is 0.351. The van der Waals surface area contributed by atoms with Gasteiger partial charge in [0.25, 0.3) is 0 Å². The number of fused-ring (bicyclic) bond motifs is 1. The number of rotatable bonds is 7. The molecular weight excluding hydrogens is 539 g/mol. The largest absolute Gasteiger partial charge is 0.389 e. The molecule has 216 valence electrons. The number of β-amino-alcohol motifs (C(OH)–C–C–N with tert-alkyl or cyclic N) is 1. The Kier molecular flexibility index (Phi) is 7.40. The predicted octanol–water partition coefficient (Wildman–Crippen LogP) is 1.85. The lowest BCUT2D eigenvalue weighted by Gasteiger charge is -2.39. The maximum absolute atomic E-state index is 13.6. The molecule has 42 heavy (non-hydrogen) atoms. The number of nitriles is 1. The van der Waals surface area contributed by atoms with Gasteiger partial charge in [-0.1, -0.05) is 6.92 Å². The van der Waals surface area contributed by atoms with Crippen molar-refractivity contribution < 1.29 is 14.3 Å². The van der Waals surface area contributed by atoms with Crippen molar-refractivity contribution in [1.29, 1.82) is 5.26 Å². The van der Waals surface area contributed by atoms with E-state index in [0.29, 0.717) is 67.6 Å². The number of aryl methyl sites for hydroxylation is 1. The Labute approximate surface area is 242 Å². The topological polar surface area (TPSA) is 130 Å². The highest BCUT2D eigenvalue weighted by Gasteiger charge is 2.30. The molecule has 0 atom stereocenters. The van der Waals surface area contributed by atoms with Gasteiger partial charge in [-0.25, -0.2) is 24.3 Å². The van der Waals surface area contributed by atoms with Crippen molar-refractivity contribution in [2.24, 2.45) is 0 Å². The summed E-state index contributed by atoms with van der Waals surface area (Å²) < 4.78 is 15.5. The lowest BCUT2D eigenvalue weighted by atomic mass is 10.1. The van der Waals surface area contributed by atoms with Crippen LogP contribution >= 0.6 is 0 Å². The number of anilines is 3. The molecule has 0 unspecified atom stereocenters. The molecule has 13 heteroatoms. The second kappa shape index (κ2) is 11.3. The van der Waals surface area contributed by atoms with Crippen LogP contribution in [0.3, 0.4) is 0 Å². The molecule has 1 aromatic carbocycles. The Morgan fingerprint density at radius 3 is 2.52 bits per heavy atom. The number of aliphatic hydroxyl groups is 1. The van der Waals surface area contributed by atoms with E-state index >= 15 is 0 Å². The van der Waals surface area contributed by atoms with Crippen LogP contribution in [-0.4, -0.2) is 104 Å². The Morgan fingerprint density at radius 2 is 1.86 bits per heavy atom. The van der Waals surface area contributed by atoms with Gasteiger partial charge in [-0.05, 0) is 30.7 Å². The summed E-state index contributed by atoms with van der Waals surface area (Å²) in [6.45, 7) is 6.11. The molecule has 2 aliphatic heterocycles. The van der Waals surface area contributed by atoms with Crippen LogP contribution in [0.5, 0.6) is 0 Å². The number of hydrogen-bond donors (Lipinski definition) is 1. The fourth-order valence-corrected chi connectivity index (χ4v) is 5.36. The smallest absolute Gasteiger partial charge is 0.236 e. The number of halogens is 1. The van der Waals surface area contributed by atoms with Crippen LogP contribution in [0.1, 0.15) is 18.2 Å². The summed E-state index contributed by atoms with van der Waals surface area (Å²) >= 11 is 0. The Bertz CT molecular complexity index is 1650. The van der Waals surface area contributed by atoms with Gasteiger partial charge in [-0.2, -0.15) is 5.26 Å². The number of benzene rings is 1. The molecule has 5 heterocycles. The molecule has 0 spiro atoms. The summed E-state index contributed by atoms with van der Waals surface area (Å²) in [4.78, 5) is 38.9. The molecule has 1 N–H and O–H groups in total. The SMILES string of the molecule is CCc1nc2cnc(N3CCN(CC(=O)N4CC(O)C4)CC3)cn2c1N(C)c1ncc(C#N)c(-c2ccc(F)cc2)n1. The van der Waals surface area contributed by atoms with E-state index in [0.717, 1.165) is 30.4 Å². The van der Waals surface area contributed by atoms with E-state index in [9.17, 15) is 19.6 Å². The summed E-state index contributed by atoms with van der Waals surface area (Å²) in [6, 6.07) is 7.99. The zero-order valence-electron chi connectivity index (χ0n) is 23.5. The maximum Gasteiger partial charge on any atom is 0.236 e. The first-order chi connectivity index (χ1) is 20.3. The Hall–Kier alpha value is -4.67. The number of aliphatic hydroxyl groups excluding tert-OH is 1. The highest BCUT2D eigenvalue weighted by Crippen LogP contribution is 2.30. The standard InChI is InChI=1S/C29H31FN10O2/c1-3-23-28(36(2)29-33-13-20(12-31)27(35-29)19-4-6-21(30)7-5-19)40-17-25(32-14-24(40)34-23)38-10-8-37(9-11-38)18-26(42)39-15-22(41)16-39/h4-7,13-14,17,22,41H,3,8-11,15-16,18H2,1-2H3. The van der Waals surface area contributed by atoms with Crippen LogP contribution in [0, 0.1) is 17.1 Å². The molecule has 12 nitrogen and oxygen atoms in total. The molecule has 0 saturated carbocycles. The summed E-state index contributed by atoms with van der Waals surface area (Å²) in [5.41, 5.74) is 2.86. The lowest BCUT2D eigenvalue weighted by molar-refractivity contribution is -0.142. The van der Waals surface area contributed by atoms with E-state index in [1.165, 1.54) is 18.3 Å². The second-order valence-corrected chi connectivity index (χ2v) is 10.5. The number of carbonyl (C=O) groups excluding carboxylic acids is 1. The normalized spacial score (nSPS) is 16.0. The minimum absolute atomic E-state index is 0.0547. The maximum atomic E-state index is 13.6. The average molecular weight is 571 g/mol. The molecular formula is C29H31FN10O2. The van der Waals surface area contributed by atoms with Crippen LogP contribution in [0.2, 0.25) is 0 Å². The van der Waals surface area contributed by atoms with E-state index in [-0.39, 0.29) is 11.7 Å². The van der Waals surface area contributed by atoms with Crippen molar-refractivity contribution in [2.75, 3.05) is 62.7 Å². The lowest BCUT2D eigenvalue weighted by Crippen LogP contribution is -2.57. The van der Waals surface area contributed by atoms with Gasteiger partial charge in [0.15, 0.2) is 5.65 Å². The zero-order chi connectivity index (χ0) is 29.4. The van der Waals surface area contributed by atoms with Gasteiger partial charge < -0.3 is 14.9 Å². The van der Waals surface area contributed by atoms with Gasteiger partial charge in [0.05, 0.1) is 48.2 Å². The molecule has 6 rings (SSSR count).